The average Bonchev–Trinajstić information content (AvgIpc) is 2.11. The molecular formula is C6H14O6. The standard InChI is InChI=1S/C6H14O6/c7-1-3(9)5(11)6(12)4(10)2-8/h3-12H,1-2H2/t3-,4+,5-,6-/m1/s1/i1D2/t3-,4+,5+,6+/m0. The monoisotopic (exact) mass is 184 g/mol. The number of hydrogen-bond acceptors (Lipinski definition) is 6. The maximum absolute atomic E-state index is 9.05. The Morgan fingerprint density at radius 3 is 1.67 bits per heavy atom. The Balaban J connectivity index is 4.38. The third-order valence-electron chi connectivity index (χ3n) is 1.39. The second-order valence-corrected chi connectivity index (χ2v) is 2.31. The third kappa shape index (κ3) is 3.02. The molecule has 0 spiro atoms. The molecule has 0 saturated heterocycles. The van der Waals surface area contributed by atoms with Crippen molar-refractivity contribution in [1.82, 2.24) is 0 Å². The zero-order valence-electron chi connectivity index (χ0n) is 8.20. The van der Waals surface area contributed by atoms with Crippen molar-refractivity contribution in [3.05, 3.63) is 0 Å². The van der Waals surface area contributed by atoms with Crippen molar-refractivity contribution in [3.8, 4) is 0 Å². The summed E-state index contributed by atoms with van der Waals surface area (Å²) in [4.78, 5) is 0. The van der Waals surface area contributed by atoms with Gasteiger partial charge in [0.1, 0.15) is 24.4 Å². The summed E-state index contributed by atoms with van der Waals surface area (Å²) >= 11 is 0. The van der Waals surface area contributed by atoms with Crippen molar-refractivity contribution < 1.29 is 33.4 Å². The van der Waals surface area contributed by atoms with E-state index in [1.54, 1.807) is 0 Å². The van der Waals surface area contributed by atoms with Crippen LogP contribution in [0.2, 0.25) is 0 Å². The Morgan fingerprint density at radius 2 is 1.33 bits per heavy atom. The lowest BCUT2D eigenvalue weighted by Gasteiger charge is -2.24. The third-order valence-corrected chi connectivity index (χ3v) is 1.39. The first kappa shape index (κ1) is 8.36. The van der Waals surface area contributed by atoms with E-state index in [0.29, 0.717) is 0 Å². The van der Waals surface area contributed by atoms with Gasteiger partial charge in [-0.15, -0.1) is 0 Å². The molecule has 6 N–H and O–H groups in total. The Hall–Kier alpha value is -0.240. The van der Waals surface area contributed by atoms with Gasteiger partial charge in [-0.3, -0.25) is 0 Å². The lowest BCUT2D eigenvalue weighted by molar-refractivity contribution is -0.123. The number of rotatable bonds is 5. The highest BCUT2D eigenvalue weighted by molar-refractivity contribution is 4.79. The fourth-order valence-electron chi connectivity index (χ4n) is 0.599. The molecule has 6 nitrogen and oxygen atoms in total. The van der Waals surface area contributed by atoms with Crippen molar-refractivity contribution in [2.75, 3.05) is 13.2 Å². The molecule has 0 amide bonds. The van der Waals surface area contributed by atoms with Gasteiger partial charge in [0.05, 0.1) is 15.9 Å². The molecule has 0 aliphatic carbocycles. The summed E-state index contributed by atoms with van der Waals surface area (Å²) in [6.45, 7) is -3.96. The van der Waals surface area contributed by atoms with Crippen molar-refractivity contribution in [1.29, 1.82) is 0 Å². The normalized spacial score (nSPS) is 25.2. The summed E-state index contributed by atoms with van der Waals surface area (Å²) in [6.07, 6.45) is -8.05. The fraction of sp³-hybridized carbons (Fsp3) is 1.00. The molecule has 4 atom stereocenters. The highest BCUT2D eigenvalue weighted by atomic mass is 16.4. The predicted octanol–water partition coefficient (Wildman–Crippen LogP) is -3.59. The van der Waals surface area contributed by atoms with E-state index in [0.717, 1.165) is 0 Å². The van der Waals surface area contributed by atoms with E-state index >= 15 is 0 Å². The number of aliphatic hydroxyl groups is 6. The zero-order chi connectivity index (χ0) is 11.5. The molecule has 0 unspecified atom stereocenters. The first-order valence-electron chi connectivity index (χ1n) is 4.27. The summed E-state index contributed by atoms with van der Waals surface area (Å²) in [6, 6.07) is 0. The quantitative estimate of drug-likeness (QED) is 0.263. The van der Waals surface area contributed by atoms with Gasteiger partial charge in [-0.2, -0.15) is 0 Å². The minimum absolute atomic E-state index is 0.862. The molecule has 0 fully saturated rings. The van der Waals surface area contributed by atoms with Gasteiger partial charge in [0.25, 0.3) is 0 Å². The van der Waals surface area contributed by atoms with Crippen molar-refractivity contribution >= 4 is 0 Å². The van der Waals surface area contributed by atoms with Gasteiger partial charge in [-0.1, -0.05) is 0 Å². The van der Waals surface area contributed by atoms with Crippen molar-refractivity contribution in [2.24, 2.45) is 0 Å². The van der Waals surface area contributed by atoms with Gasteiger partial charge in [0, 0.05) is 0 Å². The predicted molar refractivity (Wildman–Crippen MR) is 38.2 cm³/mol. The maximum Gasteiger partial charge on any atom is 0.111 e. The minimum atomic E-state index is -3.10. The molecular weight excluding hydrogens is 168 g/mol. The van der Waals surface area contributed by atoms with E-state index in [4.69, 9.17) is 33.4 Å². The fourth-order valence-corrected chi connectivity index (χ4v) is 0.599. The molecule has 0 heterocycles. The Kier molecular flexibility index (Phi) is 3.77. The molecule has 74 valence electrons. The van der Waals surface area contributed by atoms with Gasteiger partial charge < -0.3 is 30.6 Å². The molecule has 0 aromatic carbocycles. The van der Waals surface area contributed by atoms with Crippen LogP contribution in [0, 0.1) is 0 Å². The van der Waals surface area contributed by atoms with Crippen molar-refractivity contribution in [3.63, 3.8) is 0 Å². The molecule has 0 bridgehead atoms. The molecule has 0 aliphatic heterocycles. The van der Waals surface area contributed by atoms with Gasteiger partial charge in [-0.25, -0.2) is 0 Å². The van der Waals surface area contributed by atoms with Crippen molar-refractivity contribution in [2.45, 2.75) is 24.4 Å². The van der Waals surface area contributed by atoms with E-state index in [-0.39, 0.29) is 0 Å². The van der Waals surface area contributed by atoms with Crippen LogP contribution in [0.4, 0.5) is 0 Å². The molecule has 6 heteroatoms. The first-order chi connectivity index (χ1) is 6.21. The Bertz CT molecular complexity index is 172. The highest BCUT2D eigenvalue weighted by Crippen LogP contribution is 2.03. The van der Waals surface area contributed by atoms with Gasteiger partial charge in [0.15, 0.2) is 0 Å². The molecule has 0 aliphatic rings. The van der Waals surface area contributed by atoms with Gasteiger partial charge in [0.2, 0.25) is 0 Å². The van der Waals surface area contributed by atoms with Crippen LogP contribution in [-0.4, -0.2) is 68.2 Å². The zero-order valence-corrected chi connectivity index (χ0v) is 6.20. The average molecular weight is 184 g/mol. The molecule has 0 radical (unpaired) electrons. The largest absolute Gasteiger partial charge is 0.394 e. The Labute approximate surface area is 72.1 Å². The lowest BCUT2D eigenvalue weighted by atomic mass is 10.0. The van der Waals surface area contributed by atoms with E-state index in [1.807, 2.05) is 0 Å². The molecule has 0 aromatic rings. The summed E-state index contributed by atoms with van der Waals surface area (Å²) in [7, 11) is 0. The number of hydrogen-bond donors (Lipinski definition) is 6. The summed E-state index contributed by atoms with van der Waals surface area (Å²) in [5, 5.41) is 52.9. The van der Waals surface area contributed by atoms with Crippen LogP contribution < -0.4 is 0 Å². The minimum Gasteiger partial charge on any atom is -0.394 e. The highest BCUT2D eigenvalue weighted by Gasteiger charge is 2.29. The SMILES string of the molecule is [2H]C([2H])(O)[C@H](O)[C@@H](O)[C@H](O)[C@H](O)CO. The maximum atomic E-state index is 9.05. The van der Waals surface area contributed by atoms with E-state index in [2.05, 4.69) is 0 Å². The smallest absolute Gasteiger partial charge is 0.111 e. The Morgan fingerprint density at radius 1 is 0.917 bits per heavy atom. The van der Waals surface area contributed by atoms with Crippen LogP contribution in [0.5, 0.6) is 0 Å². The van der Waals surface area contributed by atoms with E-state index in [1.165, 1.54) is 0 Å². The molecule has 12 heavy (non-hydrogen) atoms. The second-order valence-electron chi connectivity index (χ2n) is 2.31. The molecule has 0 rings (SSSR count). The lowest BCUT2D eigenvalue weighted by Crippen LogP contribution is -2.46. The first-order valence-corrected chi connectivity index (χ1v) is 3.27. The molecule has 0 aromatic heterocycles. The summed E-state index contributed by atoms with van der Waals surface area (Å²) in [5.41, 5.74) is 0. The van der Waals surface area contributed by atoms with Crippen LogP contribution in [0.25, 0.3) is 0 Å². The van der Waals surface area contributed by atoms with Crippen LogP contribution in [0.1, 0.15) is 2.74 Å². The van der Waals surface area contributed by atoms with E-state index < -0.39 is 37.6 Å². The van der Waals surface area contributed by atoms with Gasteiger partial charge >= 0.3 is 0 Å². The molecule has 0 saturated carbocycles. The van der Waals surface area contributed by atoms with Crippen LogP contribution >= 0.6 is 0 Å². The van der Waals surface area contributed by atoms with Crippen LogP contribution in [-0.2, 0) is 0 Å². The summed E-state index contributed by atoms with van der Waals surface area (Å²) < 4.78 is 13.2. The van der Waals surface area contributed by atoms with E-state index in [9.17, 15) is 0 Å². The number of aliphatic hydroxyl groups excluding tert-OH is 5. The second kappa shape index (κ2) is 5.41. The van der Waals surface area contributed by atoms with Crippen LogP contribution in [0.15, 0.2) is 0 Å². The van der Waals surface area contributed by atoms with Gasteiger partial charge in [-0.05, 0) is 0 Å². The summed E-state index contributed by atoms with van der Waals surface area (Å²) in [5.74, 6) is 0. The topological polar surface area (TPSA) is 121 Å². The van der Waals surface area contributed by atoms with Crippen LogP contribution in [0.3, 0.4) is 0 Å².